The van der Waals surface area contributed by atoms with Gasteiger partial charge in [-0.05, 0) is 38.5 Å². The molecule has 0 unspecified atom stereocenters. The number of rotatable bonds is 6. The Morgan fingerprint density at radius 1 is 1.58 bits per heavy atom. The lowest BCUT2D eigenvalue weighted by molar-refractivity contribution is 0.249. The Morgan fingerprint density at radius 2 is 2.33 bits per heavy atom. The zero-order valence-electron chi connectivity index (χ0n) is 8.05. The summed E-state index contributed by atoms with van der Waals surface area (Å²) in [5.74, 6) is 0.934. The predicted molar refractivity (Wildman–Crippen MR) is 53.3 cm³/mol. The largest absolute Gasteiger partial charge is 0.316 e. The normalized spacial score (nSPS) is 17.8. The van der Waals surface area contributed by atoms with Gasteiger partial charge < -0.3 is 5.32 Å². The van der Waals surface area contributed by atoms with Crippen molar-refractivity contribution in [1.29, 1.82) is 0 Å². The molecule has 1 fully saturated rings. The van der Waals surface area contributed by atoms with Gasteiger partial charge in [-0.25, -0.2) is 0 Å². The van der Waals surface area contributed by atoms with Gasteiger partial charge in [0.15, 0.2) is 0 Å². The Morgan fingerprint density at radius 3 is 2.75 bits per heavy atom. The first-order chi connectivity index (χ1) is 5.86. The van der Waals surface area contributed by atoms with E-state index in [2.05, 4.69) is 23.7 Å². The van der Waals surface area contributed by atoms with E-state index in [1.165, 1.54) is 26.1 Å². The van der Waals surface area contributed by atoms with Gasteiger partial charge in [-0.2, -0.15) is 0 Å². The molecule has 0 aromatic heterocycles. The van der Waals surface area contributed by atoms with Gasteiger partial charge in [-0.15, -0.1) is 6.58 Å². The zero-order chi connectivity index (χ0) is 8.81. The molecular weight excluding hydrogens is 148 g/mol. The third-order valence-electron chi connectivity index (χ3n) is 2.55. The second-order valence-corrected chi connectivity index (χ2v) is 3.49. The molecule has 1 rings (SSSR count). The lowest BCUT2D eigenvalue weighted by atomic mass is 9.99. The van der Waals surface area contributed by atoms with E-state index in [4.69, 9.17) is 0 Å². The SMILES string of the molecule is C=CCN(CC)CCC1CNC1. The molecule has 1 N–H and O–H groups in total. The van der Waals surface area contributed by atoms with Crippen LogP contribution in [0.2, 0.25) is 0 Å². The van der Waals surface area contributed by atoms with Gasteiger partial charge in [-0.3, -0.25) is 4.90 Å². The number of nitrogens with one attached hydrogen (secondary N) is 1. The molecule has 2 nitrogen and oxygen atoms in total. The summed E-state index contributed by atoms with van der Waals surface area (Å²) in [6.45, 7) is 11.8. The van der Waals surface area contributed by atoms with Crippen molar-refractivity contribution in [2.45, 2.75) is 13.3 Å². The standard InChI is InChI=1S/C10H20N2/c1-3-6-12(4-2)7-5-10-8-11-9-10/h3,10-11H,1,4-9H2,2H3. The van der Waals surface area contributed by atoms with Crippen molar-refractivity contribution < 1.29 is 0 Å². The van der Waals surface area contributed by atoms with E-state index in [-0.39, 0.29) is 0 Å². The molecule has 70 valence electrons. The van der Waals surface area contributed by atoms with E-state index < -0.39 is 0 Å². The first kappa shape index (κ1) is 9.75. The van der Waals surface area contributed by atoms with Crippen LogP contribution in [-0.4, -0.2) is 37.6 Å². The molecule has 0 aromatic carbocycles. The van der Waals surface area contributed by atoms with Gasteiger partial charge in [0.25, 0.3) is 0 Å². The van der Waals surface area contributed by atoms with Crippen molar-refractivity contribution >= 4 is 0 Å². The Labute approximate surface area is 75.6 Å². The van der Waals surface area contributed by atoms with Gasteiger partial charge in [0, 0.05) is 6.54 Å². The van der Waals surface area contributed by atoms with Crippen LogP contribution in [0.5, 0.6) is 0 Å². The zero-order valence-corrected chi connectivity index (χ0v) is 8.05. The third kappa shape index (κ3) is 2.95. The number of nitrogens with zero attached hydrogens (tertiary/aromatic N) is 1. The molecule has 1 heterocycles. The van der Waals surface area contributed by atoms with E-state index >= 15 is 0 Å². The summed E-state index contributed by atoms with van der Waals surface area (Å²) >= 11 is 0. The highest BCUT2D eigenvalue weighted by Crippen LogP contribution is 2.08. The molecule has 0 atom stereocenters. The maximum Gasteiger partial charge on any atom is 0.0160 e. The lowest BCUT2D eigenvalue weighted by Crippen LogP contribution is -2.43. The minimum absolute atomic E-state index is 0.934. The Hall–Kier alpha value is -0.340. The van der Waals surface area contributed by atoms with Crippen molar-refractivity contribution in [1.82, 2.24) is 10.2 Å². The molecule has 0 aromatic rings. The molecule has 12 heavy (non-hydrogen) atoms. The summed E-state index contributed by atoms with van der Waals surface area (Å²) in [4.78, 5) is 2.44. The molecule has 0 bridgehead atoms. The van der Waals surface area contributed by atoms with Crippen LogP contribution in [0.3, 0.4) is 0 Å². The molecule has 0 aliphatic carbocycles. The van der Waals surface area contributed by atoms with Gasteiger partial charge in [-0.1, -0.05) is 13.0 Å². The summed E-state index contributed by atoms with van der Waals surface area (Å²) in [6.07, 6.45) is 3.33. The average Bonchev–Trinajstić information content (AvgIpc) is 2.00. The molecule has 0 radical (unpaired) electrons. The summed E-state index contributed by atoms with van der Waals surface area (Å²) < 4.78 is 0. The van der Waals surface area contributed by atoms with E-state index in [0.29, 0.717) is 0 Å². The van der Waals surface area contributed by atoms with E-state index in [1.54, 1.807) is 0 Å². The van der Waals surface area contributed by atoms with Crippen LogP contribution in [0.1, 0.15) is 13.3 Å². The average molecular weight is 168 g/mol. The lowest BCUT2D eigenvalue weighted by Gasteiger charge is -2.29. The fourth-order valence-corrected chi connectivity index (χ4v) is 1.48. The van der Waals surface area contributed by atoms with Crippen LogP contribution in [0.4, 0.5) is 0 Å². The molecule has 1 aliphatic heterocycles. The quantitative estimate of drug-likeness (QED) is 0.598. The molecule has 0 spiro atoms. The summed E-state index contributed by atoms with van der Waals surface area (Å²) in [6, 6.07) is 0. The molecule has 0 saturated carbocycles. The van der Waals surface area contributed by atoms with Crippen molar-refractivity contribution in [3.05, 3.63) is 12.7 Å². The van der Waals surface area contributed by atoms with Crippen LogP contribution in [0.15, 0.2) is 12.7 Å². The second kappa shape index (κ2) is 5.33. The first-order valence-electron chi connectivity index (χ1n) is 4.90. The van der Waals surface area contributed by atoms with Crippen LogP contribution in [0.25, 0.3) is 0 Å². The number of likely N-dealkylation sites (N-methyl/N-ethyl adjacent to an activating group) is 1. The molecule has 1 saturated heterocycles. The fourth-order valence-electron chi connectivity index (χ4n) is 1.48. The maximum absolute atomic E-state index is 3.76. The first-order valence-corrected chi connectivity index (χ1v) is 4.90. The number of hydrogen-bond acceptors (Lipinski definition) is 2. The van der Waals surface area contributed by atoms with Crippen molar-refractivity contribution in [3.8, 4) is 0 Å². The van der Waals surface area contributed by atoms with Crippen LogP contribution < -0.4 is 5.32 Å². The van der Waals surface area contributed by atoms with Gasteiger partial charge in [0.05, 0.1) is 0 Å². The van der Waals surface area contributed by atoms with Crippen molar-refractivity contribution in [2.24, 2.45) is 5.92 Å². The van der Waals surface area contributed by atoms with Gasteiger partial charge in [0.2, 0.25) is 0 Å². The summed E-state index contributed by atoms with van der Waals surface area (Å²) in [5.41, 5.74) is 0. The van der Waals surface area contributed by atoms with Gasteiger partial charge in [0.1, 0.15) is 0 Å². The highest BCUT2D eigenvalue weighted by Gasteiger charge is 2.16. The Kier molecular flexibility index (Phi) is 4.33. The van der Waals surface area contributed by atoms with Crippen molar-refractivity contribution in [3.63, 3.8) is 0 Å². The van der Waals surface area contributed by atoms with E-state index in [0.717, 1.165) is 19.0 Å². The molecule has 1 aliphatic rings. The van der Waals surface area contributed by atoms with E-state index in [9.17, 15) is 0 Å². The Bertz CT molecular complexity index is 130. The minimum atomic E-state index is 0.934. The van der Waals surface area contributed by atoms with Crippen molar-refractivity contribution in [2.75, 3.05) is 32.7 Å². The highest BCUT2D eigenvalue weighted by atomic mass is 15.1. The number of hydrogen-bond donors (Lipinski definition) is 1. The predicted octanol–water partition coefficient (Wildman–Crippen LogP) is 1.10. The molecule has 0 amide bonds. The highest BCUT2D eigenvalue weighted by molar-refractivity contribution is 4.78. The van der Waals surface area contributed by atoms with E-state index in [1.807, 2.05) is 6.08 Å². The monoisotopic (exact) mass is 168 g/mol. The third-order valence-corrected chi connectivity index (χ3v) is 2.55. The van der Waals surface area contributed by atoms with Gasteiger partial charge >= 0.3 is 0 Å². The van der Waals surface area contributed by atoms with Crippen LogP contribution in [0, 0.1) is 5.92 Å². The molecule has 2 heteroatoms. The Balaban J connectivity index is 2.04. The topological polar surface area (TPSA) is 15.3 Å². The fraction of sp³-hybridized carbons (Fsp3) is 0.800. The maximum atomic E-state index is 3.76. The second-order valence-electron chi connectivity index (χ2n) is 3.49. The van der Waals surface area contributed by atoms with Crippen LogP contribution >= 0.6 is 0 Å². The smallest absolute Gasteiger partial charge is 0.0160 e. The van der Waals surface area contributed by atoms with Crippen LogP contribution in [-0.2, 0) is 0 Å². The minimum Gasteiger partial charge on any atom is -0.316 e. The molecular formula is C10H20N2. The summed E-state index contributed by atoms with van der Waals surface area (Å²) in [7, 11) is 0. The summed E-state index contributed by atoms with van der Waals surface area (Å²) in [5, 5.41) is 3.30.